The van der Waals surface area contributed by atoms with Crippen LogP contribution in [0, 0.1) is 17.8 Å². The lowest BCUT2D eigenvalue weighted by atomic mass is 9.99. The summed E-state index contributed by atoms with van der Waals surface area (Å²) < 4.78 is 0. The van der Waals surface area contributed by atoms with Crippen molar-refractivity contribution in [3.63, 3.8) is 0 Å². The van der Waals surface area contributed by atoms with Crippen LogP contribution >= 0.6 is 11.6 Å². The molecule has 1 unspecified atom stereocenters. The van der Waals surface area contributed by atoms with Gasteiger partial charge in [0.1, 0.15) is 5.84 Å². The fourth-order valence-corrected chi connectivity index (χ4v) is 1.63. The molecule has 0 aromatic rings. The molecule has 0 saturated heterocycles. The predicted octanol–water partition coefficient (Wildman–Crippen LogP) is 3.53. The molecule has 1 aliphatic rings. The van der Waals surface area contributed by atoms with Crippen molar-refractivity contribution in [3.8, 4) is 11.8 Å². The first kappa shape index (κ1) is 15.1. The van der Waals surface area contributed by atoms with Gasteiger partial charge in [0.2, 0.25) is 0 Å². The summed E-state index contributed by atoms with van der Waals surface area (Å²) in [7, 11) is 1.79. The van der Waals surface area contributed by atoms with Gasteiger partial charge in [0.15, 0.2) is 0 Å². The second kappa shape index (κ2) is 9.30. The lowest BCUT2D eigenvalue weighted by Gasteiger charge is -2.13. The van der Waals surface area contributed by atoms with Crippen molar-refractivity contribution in [3.05, 3.63) is 11.2 Å². The van der Waals surface area contributed by atoms with Crippen molar-refractivity contribution < 1.29 is 0 Å². The first-order valence-electron chi connectivity index (χ1n) is 5.75. The fourth-order valence-electron chi connectivity index (χ4n) is 1.46. The average molecular weight is 241 g/mol. The van der Waals surface area contributed by atoms with Crippen molar-refractivity contribution in [1.29, 1.82) is 0 Å². The van der Waals surface area contributed by atoms with Gasteiger partial charge in [-0.1, -0.05) is 25.4 Å². The summed E-state index contributed by atoms with van der Waals surface area (Å²) in [5.41, 5.74) is 0. The van der Waals surface area contributed by atoms with E-state index >= 15 is 0 Å². The van der Waals surface area contributed by atoms with E-state index in [-0.39, 0.29) is 0 Å². The lowest BCUT2D eigenvalue weighted by Crippen LogP contribution is -2.25. The van der Waals surface area contributed by atoms with E-state index in [0.717, 1.165) is 30.1 Å². The molecule has 0 amide bonds. The number of rotatable bonds is 1. The molecule has 2 nitrogen and oxygen atoms in total. The Morgan fingerprint density at radius 2 is 2.25 bits per heavy atom. The maximum Gasteiger partial charge on any atom is 0.104 e. The van der Waals surface area contributed by atoms with Crippen LogP contribution in [0.25, 0.3) is 0 Å². The van der Waals surface area contributed by atoms with Gasteiger partial charge in [-0.25, -0.2) is 0 Å². The summed E-state index contributed by atoms with van der Waals surface area (Å²) in [6.07, 6.45) is 4.60. The predicted molar refractivity (Wildman–Crippen MR) is 72.6 cm³/mol. The summed E-state index contributed by atoms with van der Waals surface area (Å²) in [6, 6.07) is 0. The zero-order chi connectivity index (χ0) is 12.4. The summed E-state index contributed by atoms with van der Waals surface area (Å²) >= 11 is 5.95. The highest BCUT2D eigenvalue weighted by molar-refractivity contribution is 6.29. The van der Waals surface area contributed by atoms with E-state index in [9.17, 15) is 0 Å². The van der Waals surface area contributed by atoms with Crippen LogP contribution in [0.2, 0.25) is 0 Å². The van der Waals surface area contributed by atoms with Gasteiger partial charge >= 0.3 is 0 Å². The molecule has 1 aliphatic heterocycles. The molecule has 0 radical (unpaired) electrons. The molecule has 0 aromatic heterocycles. The van der Waals surface area contributed by atoms with Crippen molar-refractivity contribution >= 4 is 17.4 Å². The standard InChI is InChI=1S/C11H15ClN2.C2H6/c1-3-4-5-9-6-7-10(12)8-14-11(9)13-2;1-2/h8-9H,5-7H2,1-2H3,(H,13,14);1-2H3. The maximum absolute atomic E-state index is 5.95. The maximum atomic E-state index is 5.95. The molecule has 0 spiro atoms. The van der Waals surface area contributed by atoms with Crippen LogP contribution in [0.4, 0.5) is 0 Å². The molecule has 0 saturated carbocycles. The zero-order valence-corrected chi connectivity index (χ0v) is 11.4. The molecule has 1 atom stereocenters. The van der Waals surface area contributed by atoms with Crippen LogP contribution in [0.3, 0.4) is 0 Å². The van der Waals surface area contributed by atoms with E-state index in [0.29, 0.717) is 5.92 Å². The van der Waals surface area contributed by atoms with Crippen molar-refractivity contribution in [2.75, 3.05) is 7.05 Å². The van der Waals surface area contributed by atoms with Gasteiger partial charge < -0.3 is 5.32 Å². The number of allylic oxidation sites excluding steroid dienone is 1. The number of hydrogen-bond acceptors (Lipinski definition) is 1. The SMILES string of the molecule is CC.CC#CCC1CCC(Cl)=CNC1=NC. The Labute approximate surface area is 104 Å². The van der Waals surface area contributed by atoms with E-state index in [4.69, 9.17) is 11.6 Å². The fraction of sp³-hybridized carbons (Fsp3) is 0.615. The quantitative estimate of drug-likeness (QED) is 0.697. The normalized spacial score (nSPS) is 21.7. The van der Waals surface area contributed by atoms with Gasteiger partial charge in [-0.15, -0.1) is 11.8 Å². The van der Waals surface area contributed by atoms with Gasteiger partial charge in [0.25, 0.3) is 0 Å². The molecule has 1 N–H and O–H groups in total. The van der Waals surface area contributed by atoms with Gasteiger partial charge in [0, 0.05) is 30.6 Å². The first-order valence-corrected chi connectivity index (χ1v) is 6.13. The monoisotopic (exact) mass is 240 g/mol. The third kappa shape index (κ3) is 5.23. The second-order valence-electron chi connectivity index (χ2n) is 3.21. The summed E-state index contributed by atoms with van der Waals surface area (Å²) in [5.74, 6) is 7.37. The van der Waals surface area contributed by atoms with Crippen molar-refractivity contribution in [1.82, 2.24) is 5.32 Å². The molecule has 0 aromatic carbocycles. The van der Waals surface area contributed by atoms with Crippen LogP contribution in [-0.4, -0.2) is 12.9 Å². The Morgan fingerprint density at radius 1 is 1.56 bits per heavy atom. The van der Waals surface area contributed by atoms with Crippen LogP contribution in [0.1, 0.15) is 40.0 Å². The van der Waals surface area contributed by atoms with E-state index in [1.54, 1.807) is 7.05 Å². The van der Waals surface area contributed by atoms with Gasteiger partial charge in [0.05, 0.1) is 0 Å². The highest BCUT2D eigenvalue weighted by atomic mass is 35.5. The highest BCUT2D eigenvalue weighted by Crippen LogP contribution is 2.21. The molecule has 90 valence electrons. The molecule has 0 aliphatic carbocycles. The largest absolute Gasteiger partial charge is 0.349 e. The third-order valence-electron chi connectivity index (χ3n) is 2.26. The number of halogens is 1. The molecular weight excluding hydrogens is 220 g/mol. The smallest absolute Gasteiger partial charge is 0.104 e. The number of aliphatic imine (C=N–C) groups is 1. The lowest BCUT2D eigenvalue weighted by molar-refractivity contribution is 0.643. The van der Waals surface area contributed by atoms with Crippen LogP contribution in [0.15, 0.2) is 16.2 Å². The topological polar surface area (TPSA) is 24.4 Å². The highest BCUT2D eigenvalue weighted by Gasteiger charge is 2.17. The molecular formula is C13H21ClN2. The van der Waals surface area contributed by atoms with E-state index in [1.165, 1.54) is 0 Å². The van der Waals surface area contributed by atoms with Gasteiger partial charge in [-0.05, 0) is 19.8 Å². The third-order valence-corrected chi connectivity index (χ3v) is 2.56. The van der Waals surface area contributed by atoms with Crippen molar-refractivity contribution in [2.45, 2.75) is 40.0 Å². The molecule has 0 bridgehead atoms. The molecule has 0 fully saturated rings. The number of nitrogens with zero attached hydrogens (tertiary/aromatic N) is 1. The number of nitrogens with one attached hydrogen (secondary N) is 1. The van der Waals surface area contributed by atoms with Crippen molar-refractivity contribution in [2.24, 2.45) is 10.9 Å². The van der Waals surface area contributed by atoms with Crippen LogP contribution < -0.4 is 5.32 Å². The van der Waals surface area contributed by atoms with Gasteiger partial charge in [-0.2, -0.15) is 0 Å². The van der Waals surface area contributed by atoms with E-state index in [1.807, 2.05) is 27.0 Å². The molecule has 16 heavy (non-hydrogen) atoms. The molecule has 3 heteroatoms. The minimum Gasteiger partial charge on any atom is -0.349 e. The van der Waals surface area contributed by atoms with E-state index < -0.39 is 0 Å². The molecule has 1 rings (SSSR count). The van der Waals surface area contributed by atoms with E-state index in [2.05, 4.69) is 22.2 Å². The van der Waals surface area contributed by atoms with Gasteiger partial charge in [-0.3, -0.25) is 4.99 Å². The van der Waals surface area contributed by atoms with Crippen LogP contribution in [0.5, 0.6) is 0 Å². The minimum atomic E-state index is 0.389. The summed E-state index contributed by atoms with van der Waals surface area (Å²) in [6.45, 7) is 5.86. The first-order chi connectivity index (χ1) is 7.77. The second-order valence-corrected chi connectivity index (χ2v) is 3.70. The Balaban J connectivity index is 0.00000106. The molecule has 1 heterocycles. The zero-order valence-electron chi connectivity index (χ0n) is 10.6. The number of hydrogen-bond donors (Lipinski definition) is 1. The Hall–Kier alpha value is -0.940. The Morgan fingerprint density at radius 3 is 2.81 bits per heavy atom. The Kier molecular flexibility index (Phi) is 8.75. The Bertz CT molecular complexity index is 308. The minimum absolute atomic E-state index is 0.389. The average Bonchev–Trinajstić information content (AvgIpc) is 2.51. The summed E-state index contributed by atoms with van der Waals surface area (Å²) in [5, 5.41) is 3.99. The van der Waals surface area contributed by atoms with Crippen LogP contribution in [-0.2, 0) is 0 Å². The number of amidine groups is 1. The summed E-state index contributed by atoms with van der Waals surface area (Å²) in [4.78, 5) is 4.21.